The number of nitrogens with zero attached hydrogens (tertiary/aromatic N) is 1. The smallest absolute Gasteiger partial charge is 0.238 e. The zero-order valence-corrected chi connectivity index (χ0v) is 11.8. The highest BCUT2D eigenvalue weighted by Crippen LogP contribution is 2.21. The lowest BCUT2D eigenvalue weighted by Crippen LogP contribution is -2.16. The van der Waals surface area contributed by atoms with Crippen LogP contribution in [0.5, 0.6) is 5.75 Å². The molecule has 0 aliphatic carbocycles. The summed E-state index contributed by atoms with van der Waals surface area (Å²) in [6.45, 7) is 3.36. The van der Waals surface area contributed by atoms with E-state index in [0.717, 1.165) is 18.5 Å². The molecule has 1 aromatic carbocycles. The molecule has 5 nitrogen and oxygen atoms in total. The molecule has 0 heterocycles. The van der Waals surface area contributed by atoms with Crippen LogP contribution in [-0.4, -0.2) is 40.6 Å². The van der Waals surface area contributed by atoms with Gasteiger partial charge >= 0.3 is 0 Å². The summed E-state index contributed by atoms with van der Waals surface area (Å²) in [5.74, 6) is 0.696. The first-order valence-corrected chi connectivity index (χ1v) is 7.26. The second-order valence-corrected chi connectivity index (χ2v) is 6.04. The van der Waals surface area contributed by atoms with Crippen LogP contribution in [-0.2, 0) is 10.0 Å². The second kappa shape index (κ2) is 6.17. The van der Waals surface area contributed by atoms with Gasteiger partial charge in [0.25, 0.3) is 0 Å². The molecular formula is C12H20N2O3S. The number of sulfonamides is 1. The molecule has 0 bridgehead atoms. The molecule has 0 amide bonds. The topological polar surface area (TPSA) is 72.6 Å². The molecule has 1 rings (SSSR count). The quantitative estimate of drug-likeness (QED) is 0.783. The minimum Gasteiger partial charge on any atom is -0.493 e. The molecule has 0 fully saturated rings. The van der Waals surface area contributed by atoms with E-state index in [1.54, 1.807) is 13.0 Å². The average molecular weight is 272 g/mol. The fraction of sp³-hybridized carbons (Fsp3) is 0.500. The summed E-state index contributed by atoms with van der Waals surface area (Å²) in [5, 5.41) is 5.06. The van der Waals surface area contributed by atoms with E-state index < -0.39 is 10.0 Å². The van der Waals surface area contributed by atoms with Crippen molar-refractivity contribution in [1.29, 1.82) is 0 Å². The third-order valence-corrected chi connectivity index (χ3v) is 3.39. The van der Waals surface area contributed by atoms with E-state index in [4.69, 9.17) is 9.88 Å². The molecular weight excluding hydrogens is 252 g/mol. The van der Waals surface area contributed by atoms with Gasteiger partial charge in [-0.25, -0.2) is 13.6 Å². The maximum absolute atomic E-state index is 11.2. The van der Waals surface area contributed by atoms with Crippen molar-refractivity contribution in [3.63, 3.8) is 0 Å². The minimum atomic E-state index is -3.64. The molecule has 0 spiro atoms. The Balaban J connectivity index is 2.64. The van der Waals surface area contributed by atoms with Gasteiger partial charge in [-0.1, -0.05) is 0 Å². The molecule has 0 unspecified atom stereocenters. The molecule has 0 atom stereocenters. The lowest BCUT2D eigenvalue weighted by molar-refractivity contribution is 0.280. The molecule has 18 heavy (non-hydrogen) atoms. The Morgan fingerprint density at radius 3 is 2.50 bits per heavy atom. The number of aryl methyl sites for hydroxylation is 1. The molecule has 0 aliphatic heterocycles. The van der Waals surface area contributed by atoms with E-state index in [9.17, 15) is 8.42 Å². The van der Waals surface area contributed by atoms with Crippen molar-refractivity contribution in [2.45, 2.75) is 18.2 Å². The molecule has 102 valence electrons. The Labute approximate surface area is 109 Å². The van der Waals surface area contributed by atoms with Crippen LogP contribution >= 0.6 is 0 Å². The van der Waals surface area contributed by atoms with Crippen molar-refractivity contribution in [2.75, 3.05) is 27.2 Å². The number of ether oxygens (including phenoxy) is 1. The van der Waals surface area contributed by atoms with Crippen LogP contribution in [0.4, 0.5) is 0 Å². The van der Waals surface area contributed by atoms with Gasteiger partial charge in [-0.3, -0.25) is 0 Å². The van der Waals surface area contributed by atoms with Gasteiger partial charge in [-0.15, -0.1) is 0 Å². The Morgan fingerprint density at radius 2 is 2.00 bits per heavy atom. The Kier molecular flexibility index (Phi) is 5.13. The number of benzene rings is 1. The van der Waals surface area contributed by atoms with Gasteiger partial charge in [0.05, 0.1) is 11.5 Å². The van der Waals surface area contributed by atoms with Gasteiger partial charge in [0.15, 0.2) is 0 Å². The van der Waals surface area contributed by atoms with Crippen LogP contribution in [0.3, 0.4) is 0 Å². The van der Waals surface area contributed by atoms with Crippen molar-refractivity contribution in [3.05, 3.63) is 23.8 Å². The highest BCUT2D eigenvalue weighted by atomic mass is 32.2. The number of hydrogen-bond donors (Lipinski definition) is 1. The molecule has 0 aromatic heterocycles. The first-order valence-electron chi connectivity index (χ1n) is 5.71. The zero-order valence-electron chi connectivity index (χ0n) is 11.0. The summed E-state index contributed by atoms with van der Waals surface area (Å²) in [6.07, 6.45) is 0.920. The highest BCUT2D eigenvalue weighted by Gasteiger charge is 2.09. The third-order valence-electron chi connectivity index (χ3n) is 2.48. The lowest BCUT2D eigenvalue weighted by Gasteiger charge is -2.12. The first kappa shape index (κ1) is 14.9. The standard InChI is InChI=1S/C12H20N2O3S/c1-10-9-11(18(13,15)16)5-6-12(10)17-8-4-7-14(2)3/h5-6,9H,4,7-8H2,1-3H3,(H2,13,15,16). The molecule has 6 heteroatoms. The largest absolute Gasteiger partial charge is 0.493 e. The van der Waals surface area contributed by atoms with Gasteiger partial charge in [0.1, 0.15) is 5.75 Å². The van der Waals surface area contributed by atoms with E-state index in [-0.39, 0.29) is 4.90 Å². The molecule has 0 radical (unpaired) electrons. The van der Waals surface area contributed by atoms with Crippen molar-refractivity contribution >= 4 is 10.0 Å². The number of primary sulfonamides is 1. The summed E-state index contributed by atoms with van der Waals surface area (Å²) < 4.78 is 27.9. The van der Waals surface area contributed by atoms with Crippen LogP contribution in [0.15, 0.2) is 23.1 Å². The monoisotopic (exact) mass is 272 g/mol. The summed E-state index contributed by atoms with van der Waals surface area (Å²) >= 11 is 0. The number of hydrogen-bond acceptors (Lipinski definition) is 4. The van der Waals surface area contributed by atoms with Gasteiger partial charge < -0.3 is 9.64 Å². The van der Waals surface area contributed by atoms with E-state index in [1.165, 1.54) is 12.1 Å². The van der Waals surface area contributed by atoms with Crippen molar-refractivity contribution in [2.24, 2.45) is 5.14 Å². The van der Waals surface area contributed by atoms with E-state index >= 15 is 0 Å². The maximum atomic E-state index is 11.2. The first-order chi connectivity index (χ1) is 8.30. The van der Waals surface area contributed by atoms with E-state index in [0.29, 0.717) is 12.4 Å². The van der Waals surface area contributed by atoms with Crippen LogP contribution in [0.25, 0.3) is 0 Å². The average Bonchev–Trinajstić information content (AvgIpc) is 2.24. The SMILES string of the molecule is Cc1cc(S(N)(=O)=O)ccc1OCCCN(C)C. The minimum absolute atomic E-state index is 0.112. The lowest BCUT2D eigenvalue weighted by atomic mass is 10.2. The number of nitrogens with two attached hydrogens (primary N) is 1. The summed E-state index contributed by atoms with van der Waals surface area (Å²) in [4.78, 5) is 2.20. The highest BCUT2D eigenvalue weighted by molar-refractivity contribution is 7.89. The number of rotatable bonds is 6. The van der Waals surface area contributed by atoms with Gasteiger partial charge in [-0.05, 0) is 51.2 Å². The fourth-order valence-electron chi connectivity index (χ4n) is 1.52. The van der Waals surface area contributed by atoms with Gasteiger partial charge in [0, 0.05) is 6.54 Å². The summed E-state index contributed by atoms with van der Waals surface area (Å²) in [6, 6.07) is 4.63. The Hall–Kier alpha value is -1.11. The molecule has 0 aliphatic rings. The van der Waals surface area contributed by atoms with Crippen LogP contribution in [0.2, 0.25) is 0 Å². The van der Waals surface area contributed by atoms with E-state index in [1.807, 2.05) is 14.1 Å². The van der Waals surface area contributed by atoms with Gasteiger partial charge in [-0.2, -0.15) is 0 Å². The van der Waals surface area contributed by atoms with E-state index in [2.05, 4.69) is 4.90 Å². The molecule has 1 aromatic rings. The van der Waals surface area contributed by atoms with Crippen LogP contribution in [0.1, 0.15) is 12.0 Å². The molecule has 0 saturated heterocycles. The van der Waals surface area contributed by atoms with Crippen LogP contribution < -0.4 is 9.88 Å². The maximum Gasteiger partial charge on any atom is 0.238 e. The van der Waals surface area contributed by atoms with Gasteiger partial charge in [0.2, 0.25) is 10.0 Å². The van der Waals surface area contributed by atoms with Crippen molar-refractivity contribution < 1.29 is 13.2 Å². The summed E-state index contributed by atoms with van der Waals surface area (Å²) in [7, 11) is 0.371. The summed E-state index contributed by atoms with van der Waals surface area (Å²) in [5.41, 5.74) is 0.770. The molecule has 0 saturated carbocycles. The second-order valence-electron chi connectivity index (χ2n) is 4.48. The fourth-order valence-corrected chi connectivity index (χ4v) is 2.12. The van der Waals surface area contributed by atoms with Crippen molar-refractivity contribution in [1.82, 2.24) is 4.90 Å². The third kappa shape index (κ3) is 4.64. The van der Waals surface area contributed by atoms with Crippen LogP contribution in [0, 0.1) is 6.92 Å². The Bertz CT molecular complexity index is 498. The predicted octanol–water partition coefficient (Wildman–Crippen LogP) is 0.973. The predicted molar refractivity (Wildman–Crippen MR) is 71.2 cm³/mol. The zero-order chi connectivity index (χ0) is 13.8. The molecule has 2 N–H and O–H groups in total. The van der Waals surface area contributed by atoms with Crippen molar-refractivity contribution in [3.8, 4) is 5.75 Å². The Morgan fingerprint density at radius 1 is 1.33 bits per heavy atom. The normalized spacial score (nSPS) is 11.8.